The molecule has 0 aliphatic carbocycles. The molecule has 13 heavy (non-hydrogen) atoms. The molecule has 0 spiro atoms. The van der Waals surface area contributed by atoms with Gasteiger partial charge in [0.15, 0.2) is 0 Å². The van der Waals surface area contributed by atoms with Gasteiger partial charge in [-0.15, -0.1) is 0 Å². The highest BCUT2D eigenvalue weighted by atomic mass is 16.3. The van der Waals surface area contributed by atoms with Crippen LogP contribution in [0.5, 0.6) is 0 Å². The van der Waals surface area contributed by atoms with Crippen molar-refractivity contribution >= 4 is 0 Å². The van der Waals surface area contributed by atoms with Crippen molar-refractivity contribution in [1.82, 2.24) is 0 Å². The molecule has 0 amide bonds. The van der Waals surface area contributed by atoms with Gasteiger partial charge in [-0.2, -0.15) is 0 Å². The van der Waals surface area contributed by atoms with Crippen LogP contribution >= 0.6 is 0 Å². The molecule has 0 radical (unpaired) electrons. The quantitative estimate of drug-likeness (QED) is 0.664. The summed E-state index contributed by atoms with van der Waals surface area (Å²) >= 11 is 0. The van der Waals surface area contributed by atoms with E-state index in [1.54, 1.807) is 0 Å². The molecular formula is C11H25NO. The molecule has 0 aromatic heterocycles. The first-order valence-electron chi connectivity index (χ1n) is 5.12. The van der Waals surface area contributed by atoms with Gasteiger partial charge in [0, 0.05) is 0 Å². The molecule has 0 aromatic rings. The summed E-state index contributed by atoms with van der Waals surface area (Å²) < 4.78 is 0. The van der Waals surface area contributed by atoms with E-state index in [4.69, 9.17) is 10.8 Å². The van der Waals surface area contributed by atoms with Crippen LogP contribution < -0.4 is 5.73 Å². The maximum absolute atomic E-state index is 8.85. The van der Waals surface area contributed by atoms with E-state index >= 15 is 0 Å². The molecule has 2 atom stereocenters. The fraction of sp³-hybridized carbons (Fsp3) is 0.818. The zero-order chi connectivity index (χ0) is 10.9. The van der Waals surface area contributed by atoms with Gasteiger partial charge in [0.2, 0.25) is 0 Å². The molecule has 0 heterocycles. The standard InChI is InChI=1S/C8H17NO.C3H8/c1-4-6(2)5-8(9)7(3)10;1-3-2/h6,8,10H,3-5,9H2,1-2H3;3H2,1-2H3. The van der Waals surface area contributed by atoms with Gasteiger partial charge in [-0.25, -0.2) is 0 Å². The van der Waals surface area contributed by atoms with Crippen molar-refractivity contribution in [3.8, 4) is 0 Å². The normalized spacial score (nSPS) is 13.9. The minimum absolute atomic E-state index is 0.0975. The Hall–Kier alpha value is -0.500. The third-order valence-corrected chi connectivity index (χ3v) is 1.78. The highest BCUT2D eigenvalue weighted by molar-refractivity contribution is 4.92. The smallest absolute Gasteiger partial charge is 0.102 e. The molecule has 0 aromatic carbocycles. The monoisotopic (exact) mass is 187 g/mol. The lowest BCUT2D eigenvalue weighted by molar-refractivity contribution is 0.339. The van der Waals surface area contributed by atoms with E-state index in [2.05, 4.69) is 34.3 Å². The highest BCUT2D eigenvalue weighted by Gasteiger charge is 2.08. The topological polar surface area (TPSA) is 46.2 Å². The Labute approximate surface area is 82.8 Å². The summed E-state index contributed by atoms with van der Waals surface area (Å²) in [4.78, 5) is 0. The Bertz CT molecular complexity index is 123. The van der Waals surface area contributed by atoms with Crippen molar-refractivity contribution < 1.29 is 5.11 Å². The summed E-state index contributed by atoms with van der Waals surface area (Å²) in [5, 5.41) is 8.85. The van der Waals surface area contributed by atoms with Crippen LogP contribution in [0.25, 0.3) is 0 Å². The number of aliphatic hydroxyl groups is 1. The SMILES string of the molecule is C=C(O)C(N)CC(C)CC.CCC. The lowest BCUT2D eigenvalue weighted by Gasteiger charge is -2.13. The van der Waals surface area contributed by atoms with Crippen molar-refractivity contribution in [2.75, 3.05) is 0 Å². The van der Waals surface area contributed by atoms with Crippen LogP contribution in [0.4, 0.5) is 0 Å². The Balaban J connectivity index is 0. The molecule has 80 valence electrons. The van der Waals surface area contributed by atoms with Crippen LogP contribution in [-0.4, -0.2) is 11.1 Å². The molecule has 3 N–H and O–H groups in total. The van der Waals surface area contributed by atoms with Crippen molar-refractivity contribution in [3.63, 3.8) is 0 Å². The van der Waals surface area contributed by atoms with Gasteiger partial charge in [0.25, 0.3) is 0 Å². The molecule has 0 saturated carbocycles. The number of aliphatic hydroxyl groups excluding tert-OH is 1. The van der Waals surface area contributed by atoms with Gasteiger partial charge < -0.3 is 10.8 Å². The van der Waals surface area contributed by atoms with Gasteiger partial charge in [-0.1, -0.05) is 47.1 Å². The third kappa shape index (κ3) is 11.5. The number of rotatable bonds is 4. The fourth-order valence-electron chi connectivity index (χ4n) is 0.736. The Kier molecular flexibility index (Phi) is 11.1. The highest BCUT2D eigenvalue weighted by Crippen LogP contribution is 2.10. The van der Waals surface area contributed by atoms with Crippen LogP contribution in [0.2, 0.25) is 0 Å². The average molecular weight is 187 g/mol. The van der Waals surface area contributed by atoms with E-state index in [1.807, 2.05) is 0 Å². The fourth-order valence-corrected chi connectivity index (χ4v) is 0.736. The summed E-state index contributed by atoms with van der Waals surface area (Å²) in [5.41, 5.74) is 5.54. The van der Waals surface area contributed by atoms with Gasteiger partial charge in [0.05, 0.1) is 6.04 Å². The number of hydrogen-bond acceptors (Lipinski definition) is 2. The van der Waals surface area contributed by atoms with Crippen molar-refractivity contribution in [1.29, 1.82) is 0 Å². The molecule has 0 saturated heterocycles. The molecule has 0 rings (SSSR count). The van der Waals surface area contributed by atoms with E-state index < -0.39 is 0 Å². The number of hydrogen-bond donors (Lipinski definition) is 2. The Morgan fingerprint density at radius 1 is 1.38 bits per heavy atom. The lowest BCUT2D eigenvalue weighted by atomic mass is 9.99. The van der Waals surface area contributed by atoms with Crippen molar-refractivity contribution in [2.24, 2.45) is 11.7 Å². The zero-order valence-corrected chi connectivity index (χ0v) is 9.51. The maximum atomic E-state index is 8.85. The van der Waals surface area contributed by atoms with Gasteiger partial charge in [-0.05, 0) is 12.3 Å². The van der Waals surface area contributed by atoms with E-state index in [1.165, 1.54) is 6.42 Å². The summed E-state index contributed by atoms with van der Waals surface area (Å²) in [5.74, 6) is 0.666. The molecule has 0 bridgehead atoms. The summed E-state index contributed by atoms with van der Waals surface area (Å²) in [6, 6.07) is -0.241. The van der Waals surface area contributed by atoms with E-state index in [0.717, 1.165) is 12.8 Å². The molecule has 0 aliphatic rings. The minimum atomic E-state index is -0.241. The van der Waals surface area contributed by atoms with Crippen LogP contribution in [0.3, 0.4) is 0 Å². The third-order valence-electron chi connectivity index (χ3n) is 1.78. The molecule has 2 heteroatoms. The van der Waals surface area contributed by atoms with Crippen molar-refractivity contribution in [2.45, 2.75) is 53.0 Å². The van der Waals surface area contributed by atoms with Crippen molar-refractivity contribution in [3.05, 3.63) is 12.3 Å². The summed E-state index contributed by atoms with van der Waals surface area (Å²) in [6.45, 7) is 11.8. The number of nitrogens with two attached hydrogens (primary N) is 1. The predicted molar refractivity (Wildman–Crippen MR) is 59.8 cm³/mol. The van der Waals surface area contributed by atoms with Gasteiger partial charge in [0.1, 0.15) is 5.76 Å². The molecule has 2 unspecified atom stereocenters. The molecular weight excluding hydrogens is 162 g/mol. The summed E-state index contributed by atoms with van der Waals surface area (Å²) in [7, 11) is 0. The predicted octanol–water partition coefficient (Wildman–Crippen LogP) is 3.24. The second kappa shape index (κ2) is 9.59. The van der Waals surface area contributed by atoms with Gasteiger partial charge >= 0.3 is 0 Å². The van der Waals surface area contributed by atoms with Crippen LogP contribution in [0, 0.1) is 5.92 Å². The van der Waals surface area contributed by atoms with E-state index in [0.29, 0.717) is 5.92 Å². The second-order valence-electron chi connectivity index (χ2n) is 3.55. The average Bonchev–Trinajstić information content (AvgIpc) is 2.05. The summed E-state index contributed by atoms with van der Waals surface area (Å²) in [6.07, 6.45) is 3.17. The zero-order valence-electron chi connectivity index (χ0n) is 9.51. The van der Waals surface area contributed by atoms with Crippen LogP contribution in [-0.2, 0) is 0 Å². The largest absolute Gasteiger partial charge is 0.511 e. The second-order valence-corrected chi connectivity index (χ2v) is 3.55. The molecule has 2 nitrogen and oxygen atoms in total. The Morgan fingerprint density at radius 2 is 1.77 bits per heavy atom. The molecule has 0 aliphatic heterocycles. The van der Waals surface area contributed by atoms with E-state index in [9.17, 15) is 0 Å². The molecule has 0 fully saturated rings. The van der Waals surface area contributed by atoms with Crippen LogP contribution in [0.15, 0.2) is 12.3 Å². The first-order chi connectivity index (χ1) is 5.99. The van der Waals surface area contributed by atoms with Gasteiger partial charge in [-0.3, -0.25) is 0 Å². The first kappa shape index (κ1) is 15.0. The van der Waals surface area contributed by atoms with Crippen LogP contribution in [0.1, 0.15) is 47.0 Å². The first-order valence-corrected chi connectivity index (χ1v) is 5.12. The maximum Gasteiger partial charge on any atom is 0.102 e. The minimum Gasteiger partial charge on any atom is -0.511 e. The Morgan fingerprint density at radius 3 is 2.00 bits per heavy atom. The lowest BCUT2D eigenvalue weighted by Crippen LogP contribution is -2.24. The van der Waals surface area contributed by atoms with E-state index in [-0.39, 0.29) is 11.8 Å².